The Morgan fingerprint density at radius 1 is 1.26 bits per heavy atom. The lowest BCUT2D eigenvalue weighted by molar-refractivity contribution is -0.384. The molecule has 136 valence electrons. The van der Waals surface area contributed by atoms with Gasteiger partial charge in [-0.25, -0.2) is 9.79 Å². The number of aliphatic imine (C=N–C) groups is 1. The standard InChI is InChI=1S/C18H12ClN3O5/c1-10(23)20-13-5-3-12(4-6-13)17-21-15(18(24)27-17)8-11-2-7-14(19)16(9-11)22(25)26/h2-9H,1H3,(H,20,23)/b15-8-. The molecule has 1 aliphatic rings. The maximum Gasteiger partial charge on any atom is 0.363 e. The fraction of sp³-hybridized carbons (Fsp3) is 0.0556. The Hall–Kier alpha value is -3.52. The van der Waals surface area contributed by atoms with Crippen LogP contribution in [0.25, 0.3) is 6.08 Å². The van der Waals surface area contributed by atoms with Crippen molar-refractivity contribution in [2.75, 3.05) is 5.32 Å². The number of benzene rings is 2. The van der Waals surface area contributed by atoms with Crippen LogP contribution in [0.2, 0.25) is 5.02 Å². The van der Waals surface area contributed by atoms with Gasteiger partial charge in [0, 0.05) is 24.2 Å². The highest BCUT2D eigenvalue weighted by Gasteiger charge is 2.24. The van der Waals surface area contributed by atoms with Crippen LogP contribution >= 0.6 is 11.6 Å². The van der Waals surface area contributed by atoms with Crippen LogP contribution in [0.15, 0.2) is 53.2 Å². The third kappa shape index (κ3) is 4.18. The predicted octanol–water partition coefficient (Wildman–Crippen LogP) is 3.55. The molecule has 0 aliphatic carbocycles. The van der Waals surface area contributed by atoms with Crippen LogP contribution in [0, 0.1) is 10.1 Å². The summed E-state index contributed by atoms with van der Waals surface area (Å²) in [4.78, 5) is 37.6. The number of nitro benzene ring substituents is 1. The number of hydrogen-bond donors (Lipinski definition) is 1. The minimum atomic E-state index is -0.673. The van der Waals surface area contributed by atoms with E-state index in [1.807, 2.05) is 0 Å². The van der Waals surface area contributed by atoms with E-state index in [2.05, 4.69) is 10.3 Å². The molecule has 3 rings (SSSR count). The second-order valence-corrected chi connectivity index (χ2v) is 5.97. The molecule has 0 fully saturated rings. The number of amides is 1. The molecule has 2 aromatic rings. The molecule has 9 heteroatoms. The Morgan fingerprint density at radius 3 is 2.59 bits per heavy atom. The summed E-state index contributed by atoms with van der Waals surface area (Å²) in [5.41, 5.74) is 1.27. The van der Waals surface area contributed by atoms with Crippen molar-refractivity contribution in [2.45, 2.75) is 6.92 Å². The van der Waals surface area contributed by atoms with Crippen molar-refractivity contribution in [3.8, 4) is 0 Å². The third-order valence-electron chi connectivity index (χ3n) is 3.54. The molecular formula is C18H12ClN3O5. The summed E-state index contributed by atoms with van der Waals surface area (Å²) < 4.78 is 5.15. The fourth-order valence-corrected chi connectivity index (χ4v) is 2.54. The van der Waals surface area contributed by atoms with Crippen molar-refractivity contribution < 1.29 is 19.2 Å². The Balaban J connectivity index is 1.88. The van der Waals surface area contributed by atoms with Gasteiger partial charge < -0.3 is 10.1 Å². The zero-order valence-electron chi connectivity index (χ0n) is 13.9. The van der Waals surface area contributed by atoms with Crippen LogP contribution in [0.3, 0.4) is 0 Å². The second-order valence-electron chi connectivity index (χ2n) is 5.56. The van der Waals surface area contributed by atoms with E-state index in [9.17, 15) is 19.7 Å². The Bertz CT molecular complexity index is 1010. The molecule has 2 aromatic carbocycles. The monoisotopic (exact) mass is 385 g/mol. The van der Waals surface area contributed by atoms with Crippen LogP contribution in [0.5, 0.6) is 0 Å². The molecule has 0 radical (unpaired) electrons. The Morgan fingerprint density at radius 2 is 1.96 bits per heavy atom. The number of carbonyl (C=O) groups is 2. The van der Waals surface area contributed by atoms with Crippen molar-refractivity contribution >= 4 is 46.8 Å². The Kier molecular flexibility index (Phi) is 5.00. The molecule has 0 saturated heterocycles. The quantitative estimate of drug-likeness (QED) is 0.374. The SMILES string of the molecule is CC(=O)Nc1ccc(C2=N/C(=C\c3ccc(Cl)c([N+](=O)[O-])c3)C(=O)O2)cc1. The van der Waals surface area contributed by atoms with Crippen molar-refractivity contribution in [2.24, 2.45) is 4.99 Å². The number of anilines is 1. The molecule has 0 spiro atoms. The van der Waals surface area contributed by atoms with E-state index in [-0.39, 0.29) is 28.2 Å². The molecule has 0 bridgehead atoms. The number of carbonyl (C=O) groups excluding carboxylic acids is 2. The van der Waals surface area contributed by atoms with Crippen molar-refractivity contribution in [1.82, 2.24) is 0 Å². The second kappa shape index (κ2) is 7.38. The number of cyclic esters (lactones) is 1. The minimum absolute atomic E-state index is 0.000371. The normalized spacial score (nSPS) is 14.7. The van der Waals surface area contributed by atoms with E-state index in [1.54, 1.807) is 24.3 Å². The summed E-state index contributed by atoms with van der Waals surface area (Å²) in [6.45, 7) is 1.40. The van der Waals surface area contributed by atoms with Crippen molar-refractivity contribution in [3.05, 3.63) is 74.4 Å². The van der Waals surface area contributed by atoms with Gasteiger partial charge in [0.05, 0.1) is 4.92 Å². The molecular weight excluding hydrogens is 374 g/mol. The van der Waals surface area contributed by atoms with Gasteiger partial charge in [-0.1, -0.05) is 17.7 Å². The first kappa shape index (κ1) is 18.3. The van der Waals surface area contributed by atoms with Gasteiger partial charge in [-0.2, -0.15) is 0 Å². The highest BCUT2D eigenvalue weighted by Crippen LogP contribution is 2.27. The first-order valence-corrected chi connectivity index (χ1v) is 8.06. The molecule has 0 aromatic heterocycles. The fourth-order valence-electron chi connectivity index (χ4n) is 2.35. The number of nitro groups is 1. The largest absolute Gasteiger partial charge is 0.402 e. The van der Waals surface area contributed by atoms with Crippen LogP contribution in [0.4, 0.5) is 11.4 Å². The van der Waals surface area contributed by atoms with Gasteiger partial charge in [0.25, 0.3) is 5.69 Å². The van der Waals surface area contributed by atoms with Crippen LogP contribution in [-0.2, 0) is 14.3 Å². The molecule has 0 saturated carbocycles. The highest BCUT2D eigenvalue weighted by molar-refractivity contribution is 6.32. The zero-order chi connectivity index (χ0) is 19.6. The highest BCUT2D eigenvalue weighted by atomic mass is 35.5. The number of hydrogen-bond acceptors (Lipinski definition) is 6. The van der Waals surface area contributed by atoms with Gasteiger partial charge in [0.2, 0.25) is 11.8 Å². The third-order valence-corrected chi connectivity index (χ3v) is 3.86. The lowest BCUT2D eigenvalue weighted by Crippen LogP contribution is -2.07. The topological polar surface area (TPSA) is 111 Å². The molecule has 8 nitrogen and oxygen atoms in total. The number of nitrogens with zero attached hydrogens (tertiary/aromatic N) is 2. The van der Waals surface area contributed by atoms with Gasteiger partial charge in [-0.15, -0.1) is 0 Å². The van der Waals surface area contributed by atoms with E-state index in [1.165, 1.54) is 31.2 Å². The van der Waals surface area contributed by atoms with E-state index < -0.39 is 10.9 Å². The molecule has 27 heavy (non-hydrogen) atoms. The first-order valence-electron chi connectivity index (χ1n) is 7.68. The van der Waals surface area contributed by atoms with Gasteiger partial charge in [0.15, 0.2) is 5.70 Å². The van der Waals surface area contributed by atoms with Gasteiger partial charge in [-0.05, 0) is 42.0 Å². The summed E-state index contributed by atoms with van der Waals surface area (Å²) in [6.07, 6.45) is 1.38. The summed E-state index contributed by atoms with van der Waals surface area (Å²) in [5.74, 6) is -0.771. The molecule has 1 aliphatic heterocycles. The number of ether oxygens (including phenoxy) is 1. The molecule has 1 N–H and O–H groups in total. The Labute approximate surface area is 158 Å². The maximum absolute atomic E-state index is 12.0. The molecule has 0 unspecified atom stereocenters. The van der Waals surface area contributed by atoms with Crippen LogP contribution < -0.4 is 5.32 Å². The van der Waals surface area contributed by atoms with E-state index in [4.69, 9.17) is 16.3 Å². The summed E-state index contributed by atoms with van der Waals surface area (Å²) in [7, 11) is 0. The number of esters is 1. The first-order chi connectivity index (χ1) is 12.8. The lowest BCUT2D eigenvalue weighted by atomic mass is 10.1. The predicted molar refractivity (Wildman–Crippen MR) is 99.5 cm³/mol. The van der Waals surface area contributed by atoms with Crippen molar-refractivity contribution in [1.29, 1.82) is 0 Å². The maximum atomic E-state index is 12.0. The summed E-state index contributed by atoms with van der Waals surface area (Å²) in [6, 6.07) is 10.7. The van der Waals surface area contributed by atoms with Gasteiger partial charge >= 0.3 is 5.97 Å². The zero-order valence-corrected chi connectivity index (χ0v) is 14.7. The molecule has 0 atom stereocenters. The minimum Gasteiger partial charge on any atom is -0.402 e. The van der Waals surface area contributed by atoms with E-state index in [0.717, 1.165) is 0 Å². The van der Waals surface area contributed by atoms with Gasteiger partial charge in [0.1, 0.15) is 5.02 Å². The number of rotatable bonds is 4. The molecule has 1 amide bonds. The summed E-state index contributed by atoms with van der Waals surface area (Å²) in [5, 5.41) is 13.6. The number of halogens is 1. The average molecular weight is 386 g/mol. The van der Waals surface area contributed by atoms with Crippen LogP contribution in [-0.4, -0.2) is 22.7 Å². The lowest BCUT2D eigenvalue weighted by Gasteiger charge is -2.03. The van der Waals surface area contributed by atoms with E-state index in [0.29, 0.717) is 16.8 Å². The molecule has 1 heterocycles. The van der Waals surface area contributed by atoms with Gasteiger partial charge in [-0.3, -0.25) is 14.9 Å². The van der Waals surface area contributed by atoms with Crippen molar-refractivity contribution in [3.63, 3.8) is 0 Å². The smallest absolute Gasteiger partial charge is 0.363 e. The van der Waals surface area contributed by atoms with Crippen LogP contribution in [0.1, 0.15) is 18.1 Å². The summed E-state index contributed by atoms with van der Waals surface area (Å²) >= 11 is 5.78. The average Bonchev–Trinajstić information content (AvgIpc) is 2.97. The number of nitrogens with one attached hydrogen (secondary N) is 1. The van der Waals surface area contributed by atoms with E-state index >= 15 is 0 Å².